The lowest BCUT2D eigenvalue weighted by atomic mass is 10.0. The van der Waals surface area contributed by atoms with Gasteiger partial charge in [-0.05, 0) is 233 Å². The Kier molecular flexibility index (Phi) is 18.6. The molecule has 27 aromatic rings. The van der Waals surface area contributed by atoms with Crippen LogP contribution in [0.2, 0.25) is 0 Å². The van der Waals surface area contributed by atoms with Crippen molar-refractivity contribution >= 4 is 185 Å². The third-order valence-corrected chi connectivity index (χ3v) is 27.4. The lowest BCUT2D eigenvalue weighted by Crippen LogP contribution is -2.10. The van der Waals surface area contributed by atoms with Crippen LogP contribution in [0, 0.1) is 0 Å². The highest BCUT2D eigenvalue weighted by molar-refractivity contribution is 7.26. The minimum Gasteiger partial charge on any atom is -0.316 e. The Labute approximate surface area is 760 Å². The molecule has 0 N–H and O–H groups in total. The number of aromatic nitrogens is 6. The van der Waals surface area contributed by atoms with Crippen molar-refractivity contribution in [2.75, 3.05) is 9.80 Å². The monoisotopic (exact) mass is 1690 g/mol. The molecule has 0 aliphatic heterocycles. The number of thiophene rings is 1. The maximum absolute atomic E-state index is 2.41. The van der Waals surface area contributed by atoms with Crippen molar-refractivity contribution < 1.29 is 0 Å². The van der Waals surface area contributed by atoms with E-state index in [0.29, 0.717) is 0 Å². The maximum Gasteiger partial charge on any atom is 0.0635 e. The molecule has 0 aliphatic carbocycles. The second kappa shape index (κ2) is 32.0. The van der Waals surface area contributed by atoms with E-state index in [1.165, 1.54) is 168 Å². The molecule has 7 aromatic heterocycles. The van der Waals surface area contributed by atoms with Crippen LogP contribution in [0.3, 0.4) is 0 Å². The van der Waals surface area contributed by atoms with E-state index in [9.17, 15) is 0 Å². The Morgan fingerprint density at radius 3 is 0.962 bits per heavy atom. The van der Waals surface area contributed by atoms with E-state index in [-0.39, 0.29) is 0 Å². The smallest absolute Gasteiger partial charge is 0.0635 e. The Bertz CT molecular complexity index is 9030. The minimum atomic E-state index is 1.11. The van der Waals surface area contributed by atoms with Gasteiger partial charge in [0.25, 0.3) is 0 Å². The summed E-state index contributed by atoms with van der Waals surface area (Å²) in [5.41, 5.74) is 27.1. The van der Waals surface area contributed by atoms with Crippen LogP contribution in [0.15, 0.2) is 498 Å². The first-order valence-corrected chi connectivity index (χ1v) is 45.5. The molecule has 0 bridgehead atoms. The van der Waals surface area contributed by atoms with Gasteiger partial charge >= 0.3 is 0 Å². The van der Waals surface area contributed by atoms with Gasteiger partial charge in [0.15, 0.2) is 0 Å². The third kappa shape index (κ3) is 13.1. The summed E-state index contributed by atoms with van der Waals surface area (Å²) in [5.74, 6) is 0. The van der Waals surface area contributed by atoms with Gasteiger partial charge in [0, 0.05) is 155 Å². The Balaban J connectivity index is 0.000000106. The number of hydrogen-bond donors (Lipinski definition) is 0. The summed E-state index contributed by atoms with van der Waals surface area (Å²) in [6.07, 6.45) is 6.61. The normalized spacial score (nSPS) is 11.7. The van der Waals surface area contributed by atoms with Crippen molar-refractivity contribution in [2.24, 2.45) is 0 Å². The molecule has 0 saturated heterocycles. The molecule has 7 heterocycles. The summed E-state index contributed by atoms with van der Waals surface area (Å²) in [6.45, 7) is 0. The fourth-order valence-corrected chi connectivity index (χ4v) is 21.5. The van der Waals surface area contributed by atoms with E-state index < -0.39 is 0 Å². The highest BCUT2D eigenvalue weighted by Gasteiger charge is 2.24. The van der Waals surface area contributed by atoms with Crippen LogP contribution in [0.4, 0.5) is 34.1 Å². The van der Waals surface area contributed by atoms with Gasteiger partial charge < -0.3 is 37.2 Å². The first kappa shape index (κ1) is 76.2. The van der Waals surface area contributed by atoms with E-state index in [0.717, 1.165) is 51.2 Å². The quantitative estimate of drug-likeness (QED) is 0.115. The van der Waals surface area contributed by atoms with Crippen LogP contribution in [-0.2, 0) is 0 Å². The zero-order valence-corrected chi connectivity index (χ0v) is 72.1. The highest BCUT2D eigenvalue weighted by atomic mass is 32.1. The second-order valence-electron chi connectivity index (χ2n) is 33.6. The molecule has 8 nitrogen and oxygen atoms in total. The molecule has 20 aromatic carbocycles. The summed E-state index contributed by atoms with van der Waals surface area (Å²) in [5, 5.41) is 18.9. The molecule has 0 amide bonds. The Morgan fingerprint density at radius 2 is 0.504 bits per heavy atom. The predicted molar refractivity (Wildman–Crippen MR) is 556 cm³/mol. The first-order chi connectivity index (χ1) is 65.0. The van der Waals surface area contributed by atoms with E-state index in [1.54, 1.807) is 0 Å². The number of para-hydroxylation sites is 8. The Morgan fingerprint density at radius 1 is 0.176 bits per heavy atom. The molecular weight excluding hydrogens is 1610 g/mol. The Hall–Kier alpha value is -17.2. The van der Waals surface area contributed by atoms with Gasteiger partial charge in [-0.2, -0.15) is 0 Å². The molecule has 0 atom stereocenters. The molecule has 0 saturated carbocycles. The third-order valence-electron chi connectivity index (χ3n) is 26.2. The molecule has 0 spiro atoms. The molecular formula is C122H82N8S. The summed E-state index contributed by atoms with van der Waals surface area (Å²) in [6, 6.07) is 172. The first-order valence-electron chi connectivity index (χ1n) is 44.7. The number of fused-ring (bicyclic) bond motifs is 20. The number of hydrogen-bond acceptors (Lipinski definition) is 3. The van der Waals surface area contributed by atoms with Crippen molar-refractivity contribution in [3.8, 4) is 45.3 Å². The van der Waals surface area contributed by atoms with E-state index in [2.05, 4.69) is 535 Å². The van der Waals surface area contributed by atoms with Crippen molar-refractivity contribution in [1.29, 1.82) is 0 Å². The van der Waals surface area contributed by atoms with Crippen LogP contribution in [-0.4, -0.2) is 27.4 Å². The molecule has 0 unspecified atom stereocenters. The molecule has 0 aliphatic rings. The molecule has 9 heteroatoms. The zero-order valence-electron chi connectivity index (χ0n) is 71.3. The van der Waals surface area contributed by atoms with Gasteiger partial charge in [-0.15, -0.1) is 11.3 Å². The standard InChI is InChI=1S/2C42H29N3.C38H24N2S/c1-3-14-32(15-4-1)44(36-23-22-30-12-7-8-13-31(30)28-36)35-19-11-18-34(29-35)43-27-26-39-40(43)25-24-38-37-20-9-10-21-41(37)45(42(38)39)33-16-5-2-6-17-33;1-3-13-33(14-4-1)44(36-20-19-30-11-7-8-12-31(30)29-36)35-23-21-32(22-24-35)43-28-27-39-40(43)26-25-38-37-17-9-10-18-41(37)45(42(38)39)34-15-5-2-6-16-34;1-2-9-27(10-3-1)40-35-15-6-4-11-29(35)31-21-22-34-33(37(31)40)23-24-39(34)26-19-17-25(18-20-26)28-13-8-14-32-30-12-5-7-16-36(30)41-38(28)32/h2*1-29H;1-24H. The number of rotatable bonds is 13. The van der Waals surface area contributed by atoms with Gasteiger partial charge in [0.2, 0.25) is 0 Å². The topological polar surface area (TPSA) is 36.1 Å². The fourth-order valence-electron chi connectivity index (χ4n) is 20.2. The predicted octanol–water partition coefficient (Wildman–Crippen LogP) is 33.5. The SMILES string of the molecule is c1ccc(-n2c3ccccc3c3ccc4c(ccn4-c4ccc(-c5cccc6c5sc5ccccc56)cc4)c32)cc1.c1ccc(N(c2ccc(-n3ccc4c3ccc3c5ccccc5n(-c5ccccc5)c34)cc2)c2ccc3ccccc3c2)cc1.c1ccc(N(c2cccc(-n3ccc4c3ccc3c5ccccc5n(-c5ccccc5)c34)c2)c2ccc3ccccc3c2)cc1. The van der Waals surface area contributed by atoms with Crippen LogP contribution in [0.25, 0.3) is 185 Å². The number of anilines is 6. The largest absolute Gasteiger partial charge is 0.316 e. The fraction of sp³-hybridized carbons (Fsp3) is 0. The minimum absolute atomic E-state index is 1.11. The maximum atomic E-state index is 2.41. The zero-order chi connectivity index (χ0) is 86.4. The van der Waals surface area contributed by atoms with Crippen LogP contribution >= 0.6 is 11.3 Å². The van der Waals surface area contributed by atoms with Gasteiger partial charge in [-0.25, -0.2) is 0 Å². The van der Waals surface area contributed by atoms with Crippen molar-refractivity contribution in [2.45, 2.75) is 0 Å². The van der Waals surface area contributed by atoms with E-state index >= 15 is 0 Å². The van der Waals surface area contributed by atoms with E-state index in [4.69, 9.17) is 0 Å². The molecule has 616 valence electrons. The van der Waals surface area contributed by atoms with Crippen molar-refractivity contribution in [3.05, 3.63) is 498 Å². The second-order valence-corrected chi connectivity index (χ2v) is 34.6. The van der Waals surface area contributed by atoms with Gasteiger partial charge in [0.1, 0.15) is 0 Å². The average Bonchev–Trinajstić information content (AvgIpc) is 1.57. The number of benzene rings is 20. The molecule has 0 radical (unpaired) electrons. The highest BCUT2D eigenvalue weighted by Crippen LogP contribution is 2.47. The summed E-state index contributed by atoms with van der Waals surface area (Å²) < 4.78 is 16.8. The van der Waals surface area contributed by atoms with Crippen molar-refractivity contribution in [3.63, 3.8) is 0 Å². The summed E-state index contributed by atoms with van der Waals surface area (Å²) >= 11 is 1.88. The summed E-state index contributed by atoms with van der Waals surface area (Å²) in [7, 11) is 0. The molecule has 131 heavy (non-hydrogen) atoms. The van der Waals surface area contributed by atoms with Gasteiger partial charge in [-0.1, -0.05) is 279 Å². The van der Waals surface area contributed by atoms with Crippen LogP contribution in [0.5, 0.6) is 0 Å². The molecule has 0 fully saturated rings. The van der Waals surface area contributed by atoms with Gasteiger partial charge in [0.05, 0.1) is 49.7 Å². The lowest BCUT2D eigenvalue weighted by Gasteiger charge is -2.26. The average molecular weight is 1690 g/mol. The number of nitrogens with zero attached hydrogens (tertiary/aromatic N) is 8. The molecule has 27 rings (SSSR count). The summed E-state index contributed by atoms with van der Waals surface area (Å²) in [4.78, 5) is 4.67. The lowest BCUT2D eigenvalue weighted by molar-refractivity contribution is 1.12. The van der Waals surface area contributed by atoms with Crippen LogP contribution < -0.4 is 9.80 Å². The van der Waals surface area contributed by atoms with E-state index in [1.807, 2.05) is 11.3 Å². The van der Waals surface area contributed by atoms with Gasteiger partial charge in [-0.3, -0.25) is 0 Å². The van der Waals surface area contributed by atoms with Crippen molar-refractivity contribution in [1.82, 2.24) is 27.4 Å². The van der Waals surface area contributed by atoms with Crippen LogP contribution in [0.1, 0.15) is 0 Å².